The van der Waals surface area contributed by atoms with Crippen LogP contribution in [0.3, 0.4) is 0 Å². The fraction of sp³-hybridized carbons (Fsp3) is 0. The van der Waals surface area contributed by atoms with Gasteiger partial charge in [0.2, 0.25) is 5.78 Å². The van der Waals surface area contributed by atoms with Crippen LogP contribution < -0.4 is 5.73 Å². The van der Waals surface area contributed by atoms with E-state index in [1.165, 1.54) is 6.08 Å². The van der Waals surface area contributed by atoms with Crippen molar-refractivity contribution in [3.05, 3.63) is 82.6 Å². The summed E-state index contributed by atoms with van der Waals surface area (Å²) < 4.78 is 0. The Balaban J connectivity index is 2.00. The summed E-state index contributed by atoms with van der Waals surface area (Å²) in [5, 5.41) is 9.25. The molecule has 0 aromatic heterocycles. The number of hydrogen-bond acceptors (Lipinski definition) is 4. The maximum atomic E-state index is 12.5. The van der Waals surface area contributed by atoms with E-state index in [1.807, 2.05) is 0 Å². The minimum atomic E-state index is -0.333. The predicted octanol–water partition coefficient (Wildman–Crippen LogP) is 2.70. The van der Waals surface area contributed by atoms with Gasteiger partial charge in [-0.25, -0.2) is 0 Å². The van der Waals surface area contributed by atoms with Gasteiger partial charge in [0.1, 0.15) is 5.75 Å². The van der Waals surface area contributed by atoms with Crippen molar-refractivity contribution < 1.29 is 14.7 Å². The van der Waals surface area contributed by atoms with E-state index in [2.05, 4.69) is 0 Å². The zero-order valence-corrected chi connectivity index (χ0v) is 11.6. The Kier molecular flexibility index (Phi) is 3.35. The number of carbonyl (C=O) groups excluding carboxylic acids is 2. The molecule has 2 aromatic rings. The van der Waals surface area contributed by atoms with Crippen LogP contribution in [0.5, 0.6) is 5.75 Å². The highest BCUT2D eigenvalue weighted by Crippen LogP contribution is 2.25. The second kappa shape index (κ2) is 5.33. The molecule has 0 spiro atoms. The third kappa shape index (κ3) is 2.31. The van der Waals surface area contributed by atoms with E-state index in [1.54, 1.807) is 54.6 Å². The van der Waals surface area contributed by atoms with Gasteiger partial charge in [-0.3, -0.25) is 9.59 Å². The smallest absolute Gasteiger partial charge is 0.210 e. The molecule has 0 radical (unpaired) electrons. The molecule has 3 N–H and O–H groups in total. The quantitative estimate of drug-likeness (QED) is 0.891. The molecule has 0 saturated carbocycles. The molecule has 2 aromatic carbocycles. The van der Waals surface area contributed by atoms with Gasteiger partial charge in [0.25, 0.3) is 0 Å². The lowest BCUT2D eigenvalue weighted by molar-refractivity contribution is 0.0976. The number of nitrogens with two attached hydrogens (primary N) is 1. The molecule has 1 aliphatic rings. The van der Waals surface area contributed by atoms with E-state index in [0.717, 1.165) is 5.56 Å². The number of allylic oxidation sites excluding steroid dienone is 3. The van der Waals surface area contributed by atoms with Crippen molar-refractivity contribution in [3.8, 4) is 5.75 Å². The molecule has 0 saturated heterocycles. The third-order valence-corrected chi connectivity index (χ3v) is 3.53. The monoisotopic (exact) mass is 291 g/mol. The maximum absolute atomic E-state index is 12.5. The van der Waals surface area contributed by atoms with Crippen LogP contribution in [0.2, 0.25) is 0 Å². The Morgan fingerprint density at radius 2 is 1.41 bits per heavy atom. The van der Waals surface area contributed by atoms with Crippen LogP contribution in [0.25, 0.3) is 6.08 Å². The van der Waals surface area contributed by atoms with Crippen LogP contribution in [0.15, 0.2) is 65.9 Å². The molecule has 0 unspecified atom stereocenters. The lowest BCUT2D eigenvalue weighted by Crippen LogP contribution is -2.25. The van der Waals surface area contributed by atoms with Crippen LogP contribution in [0.4, 0.5) is 0 Å². The molecular formula is C18H13NO3. The zero-order chi connectivity index (χ0) is 15.7. The van der Waals surface area contributed by atoms with Gasteiger partial charge in [-0.15, -0.1) is 0 Å². The average molecular weight is 291 g/mol. The Hall–Kier alpha value is -3.14. The number of rotatable bonds is 2. The highest BCUT2D eigenvalue weighted by atomic mass is 16.3. The van der Waals surface area contributed by atoms with Crippen LogP contribution in [-0.4, -0.2) is 16.7 Å². The van der Waals surface area contributed by atoms with Crippen molar-refractivity contribution in [1.82, 2.24) is 0 Å². The molecule has 0 bridgehead atoms. The Labute approximate surface area is 127 Å². The van der Waals surface area contributed by atoms with Crippen molar-refractivity contribution in [1.29, 1.82) is 0 Å². The van der Waals surface area contributed by atoms with Crippen molar-refractivity contribution in [2.75, 3.05) is 0 Å². The number of carbonyl (C=O) groups is 2. The molecule has 3 rings (SSSR count). The van der Waals surface area contributed by atoms with Crippen LogP contribution in [-0.2, 0) is 0 Å². The molecule has 4 heteroatoms. The lowest BCUT2D eigenvalue weighted by atomic mass is 9.87. The zero-order valence-electron chi connectivity index (χ0n) is 11.6. The van der Waals surface area contributed by atoms with E-state index in [-0.39, 0.29) is 28.6 Å². The first-order chi connectivity index (χ1) is 10.6. The Bertz CT molecular complexity index is 830. The van der Waals surface area contributed by atoms with Crippen molar-refractivity contribution in [3.63, 3.8) is 0 Å². The lowest BCUT2D eigenvalue weighted by Gasteiger charge is -2.16. The number of aromatic hydroxyl groups is 1. The summed E-state index contributed by atoms with van der Waals surface area (Å²) >= 11 is 0. The average Bonchev–Trinajstić information content (AvgIpc) is 2.54. The van der Waals surface area contributed by atoms with Gasteiger partial charge < -0.3 is 10.8 Å². The summed E-state index contributed by atoms with van der Waals surface area (Å²) in [5.41, 5.74) is 7.48. The van der Waals surface area contributed by atoms with E-state index in [9.17, 15) is 14.7 Å². The van der Waals surface area contributed by atoms with Gasteiger partial charge in [0, 0.05) is 16.7 Å². The Morgan fingerprint density at radius 3 is 2.05 bits per heavy atom. The number of hydrogen-bond donors (Lipinski definition) is 2. The van der Waals surface area contributed by atoms with Gasteiger partial charge in [-0.05, 0) is 23.8 Å². The molecule has 0 atom stereocenters. The molecule has 0 heterocycles. The first-order valence-corrected chi connectivity index (χ1v) is 6.73. The molecule has 0 fully saturated rings. The minimum absolute atomic E-state index is 0.0428. The summed E-state index contributed by atoms with van der Waals surface area (Å²) in [6.45, 7) is 0. The summed E-state index contributed by atoms with van der Waals surface area (Å²) in [6, 6.07) is 13.1. The molecule has 0 aliphatic heterocycles. The summed E-state index contributed by atoms with van der Waals surface area (Å²) in [6.07, 6.45) is 3.22. The normalized spacial score (nSPS) is 14.5. The number of Topliss-reactive ketones (excluding diaryl/α,β-unsaturated/α-hetero) is 2. The van der Waals surface area contributed by atoms with E-state index >= 15 is 0 Å². The van der Waals surface area contributed by atoms with Gasteiger partial charge in [-0.1, -0.05) is 42.5 Å². The second-order valence-electron chi connectivity index (χ2n) is 4.96. The van der Waals surface area contributed by atoms with Gasteiger partial charge in [0.15, 0.2) is 5.78 Å². The number of ketones is 2. The second-order valence-corrected chi connectivity index (χ2v) is 4.96. The highest BCUT2D eigenvalue weighted by Gasteiger charge is 2.28. The molecule has 4 nitrogen and oxygen atoms in total. The topological polar surface area (TPSA) is 80.4 Å². The molecule has 0 amide bonds. The standard InChI is InChI=1S/C18H13NO3/c19-16-15(10-7-11-5-8-12(20)9-6-11)17(21)13-3-1-2-4-14(13)18(16)22/h1-10,20H,19H2/b10-7+. The molecular weight excluding hydrogens is 278 g/mol. The van der Waals surface area contributed by atoms with Crippen molar-refractivity contribution in [2.45, 2.75) is 0 Å². The third-order valence-electron chi connectivity index (χ3n) is 3.53. The minimum Gasteiger partial charge on any atom is -0.508 e. The molecule has 22 heavy (non-hydrogen) atoms. The summed E-state index contributed by atoms with van der Waals surface area (Å²) in [5.74, 6) is -0.433. The Morgan fingerprint density at radius 1 is 0.818 bits per heavy atom. The summed E-state index contributed by atoms with van der Waals surface area (Å²) in [7, 11) is 0. The van der Waals surface area contributed by atoms with Gasteiger partial charge in [0.05, 0.1) is 5.70 Å². The van der Waals surface area contributed by atoms with E-state index < -0.39 is 0 Å². The largest absolute Gasteiger partial charge is 0.508 e. The number of fused-ring (bicyclic) bond motifs is 1. The SMILES string of the molecule is NC1=C(/C=C/c2ccc(O)cc2)C(=O)c2ccccc2C1=O. The van der Waals surface area contributed by atoms with Gasteiger partial charge in [-0.2, -0.15) is 0 Å². The molecule has 108 valence electrons. The first kappa shape index (κ1) is 13.8. The van der Waals surface area contributed by atoms with Crippen molar-refractivity contribution >= 4 is 17.6 Å². The van der Waals surface area contributed by atoms with Crippen LogP contribution >= 0.6 is 0 Å². The fourth-order valence-electron chi connectivity index (χ4n) is 2.34. The summed E-state index contributed by atoms with van der Waals surface area (Å²) in [4.78, 5) is 24.7. The fourth-order valence-corrected chi connectivity index (χ4v) is 2.34. The predicted molar refractivity (Wildman–Crippen MR) is 83.5 cm³/mol. The van der Waals surface area contributed by atoms with Crippen molar-refractivity contribution in [2.24, 2.45) is 5.73 Å². The number of phenolic OH excluding ortho intramolecular Hbond substituents is 1. The van der Waals surface area contributed by atoms with Crippen LogP contribution in [0, 0.1) is 0 Å². The van der Waals surface area contributed by atoms with E-state index in [0.29, 0.717) is 11.1 Å². The number of benzene rings is 2. The van der Waals surface area contributed by atoms with Crippen LogP contribution in [0.1, 0.15) is 26.3 Å². The van der Waals surface area contributed by atoms with E-state index in [4.69, 9.17) is 5.73 Å². The molecule has 1 aliphatic carbocycles. The highest BCUT2D eigenvalue weighted by molar-refractivity contribution is 6.27. The number of phenols is 1. The maximum Gasteiger partial charge on any atom is 0.210 e. The first-order valence-electron chi connectivity index (χ1n) is 6.73. The van der Waals surface area contributed by atoms with Gasteiger partial charge >= 0.3 is 0 Å².